The van der Waals surface area contributed by atoms with Crippen molar-refractivity contribution in [2.24, 2.45) is 4.99 Å². The molecule has 0 spiro atoms. The van der Waals surface area contributed by atoms with Gasteiger partial charge in [0.25, 0.3) is 0 Å². The van der Waals surface area contributed by atoms with E-state index >= 15 is 0 Å². The average Bonchev–Trinajstić information content (AvgIpc) is 2.46. The van der Waals surface area contributed by atoms with Crippen molar-refractivity contribution < 1.29 is 13.2 Å². The van der Waals surface area contributed by atoms with Crippen molar-refractivity contribution in [2.75, 3.05) is 27.5 Å². The molecule has 1 aromatic rings. The lowest BCUT2D eigenvalue weighted by Crippen LogP contribution is -2.22. The largest absolute Gasteiger partial charge is 0.495 e. The standard InChI is InChI=1S/C12H16N4O3S2/c1-16(2)21(17,18)11-7-9(5-6-10(11)19-3)15-12(20-4)14-8-13/h5-7H,1-4H3,(H,14,15). The van der Waals surface area contributed by atoms with Crippen molar-refractivity contribution >= 4 is 32.6 Å². The molecule has 9 heteroatoms. The number of nitrogens with zero attached hydrogens (tertiary/aromatic N) is 3. The van der Waals surface area contributed by atoms with Crippen LogP contribution >= 0.6 is 11.8 Å². The molecule has 7 nitrogen and oxygen atoms in total. The van der Waals surface area contributed by atoms with E-state index in [-0.39, 0.29) is 10.6 Å². The molecular weight excluding hydrogens is 312 g/mol. The van der Waals surface area contributed by atoms with Crippen LogP contribution in [0.25, 0.3) is 0 Å². The normalized spacial score (nSPS) is 12.1. The average molecular weight is 328 g/mol. The van der Waals surface area contributed by atoms with Crippen molar-refractivity contribution in [3.63, 3.8) is 0 Å². The fraction of sp³-hybridized carbons (Fsp3) is 0.333. The Balaban J connectivity index is 3.40. The lowest BCUT2D eigenvalue weighted by Gasteiger charge is -2.14. The Hall–Kier alpha value is -1.76. The van der Waals surface area contributed by atoms with Gasteiger partial charge in [-0.3, -0.25) is 5.32 Å². The zero-order valence-electron chi connectivity index (χ0n) is 12.1. The van der Waals surface area contributed by atoms with Gasteiger partial charge in [0.1, 0.15) is 10.6 Å². The van der Waals surface area contributed by atoms with E-state index in [9.17, 15) is 8.42 Å². The van der Waals surface area contributed by atoms with Crippen LogP contribution in [0.1, 0.15) is 0 Å². The summed E-state index contributed by atoms with van der Waals surface area (Å²) in [6.45, 7) is 0. The molecule has 0 saturated carbocycles. The van der Waals surface area contributed by atoms with Crippen LogP contribution in [0.3, 0.4) is 0 Å². The van der Waals surface area contributed by atoms with E-state index in [1.165, 1.54) is 45.1 Å². The summed E-state index contributed by atoms with van der Waals surface area (Å²) in [5, 5.41) is 11.4. The molecular formula is C12H16N4O3S2. The maximum Gasteiger partial charge on any atom is 0.246 e. The number of methoxy groups -OCH3 is 1. The fourth-order valence-corrected chi connectivity index (χ4v) is 2.84. The number of hydrogen-bond acceptors (Lipinski definition) is 6. The van der Waals surface area contributed by atoms with Crippen LogP contribution < -0.4 is 10.1 Å². The van der Waals surface area contributed by atoms with E-state index in [1.807, 2.05) is 0 Å². The van der Waals surface area contributed by atoms with E-state index in [2.05, 4.69) is 10.3 Å². The van der Waals surface area contributed by atoms with E-state index in [0.717, 1.165) is 4.31 Å². The summed E-state index contributed by atoms with van der Waals surface area (Å²) in [6, 6.07) is 4.55. The first-order valence-corrected chi connectivity index (χ1v) is 8.41. The summed E-state index contributed by atoms with van der Waals surface area (Å²) in [5.74, 6) is 0.238. The highest BCUT2D eigenvalue weighted by Crippen LogP contribution is 2.30. The Kier molecular flexibility index (Phi) is 6.02. The molecule has 0 aliphatic heterocycles. The Morgan fingerprint density at radius 1 is 1.48 bits per heavy atom. The van der Waals surface area contributed by atoms with Crippen LogP contribution in [0.15, 0.2) is 28.1 Å². The number of rotatable bonds is 4. The highest BCUT2D eigenvalue weighted by atomic mass is 32.2. The molecule has 0 unspecified atom stereocenters. The monoisotopic (exact) mass is 328 g/mol. The molecule has 1 rings (SSSR count). The van der Waals surface area contributed by atoms with Crippen LogP contribution in [0, 0.1) is 11.5 Å². The first kappa shape index (κ1) is 17.3. The molecule has 0 bridgehead atoms. The van der Waals surface area contributed by atoms with Crippen LogP contribution in [0.2, 0.25) is 0 Å². The summed E-state index contributed by atoms with van der Waals surface area (Å²) >= 11 is 1.24. The minimum absolute atomic E-state index is 0.0219. The molecule has 0 aliphatic carbocycles. The number of amidine groups is 1. The van der Waals surface area contributed by atoms with Gasteiger partial charge in [0, 0.05) is 14.1 Å². The van der Waals surface area contributed by atoms with Gasteiger partial charge in [-0.25, -0.2) is 17.7 Å². The van der Waals surface area contributed by atoms with Crippen LogP contribution in [-0.4, -0.2) is 45.4 Å². The molecule has 0 atom stereocenters. The molecule has 21 heavy (non-hydrogen) atoms. The maximum atomic E-state index is 12.3. The number of nitrogens with one attached hydrogen (secondary N) is 1. The molecule has 1 N–H and O–H groups in total. The van der Waals surface area contributed by atoms with Gasteiger partial charge < -0.3 is 4.74 Å². The summed E-state index contributed by atoms with van der Waals surface area (Å²) < 4.78 is 30.7. The second kappa shape index (κ2) is 7.31. The second-order valence-electron chi connectivity index (χ2n) is 3.98. The minimum Gasteiger partial charge on any atom is -0.495 e. The van der Waals surface area contributed by atoms with E-state index in [1.54, 1.807) is 18.5 Å². The Bertz CT molecular complexity index is 678. The van der Waals surface area contributed by atoms with Gasteiger partial charge in [0.15, 0.2) is 11.4 Å². The number of thioether (sulfide) groups is 1. The van der Waals surface area contributed by atoms with Gasteiger partial charge >= 0.3 is 0 Å². The zero-order valence-corrected chi connectivity index (χ0v) is 13.7. The topological polar surface area (TPSA) is 94.8 Å². The van der Waals surface area contributed by atoms with E-state index in [0.29, 0.717) is 10.9 Å². The maximum absolute atomic E-state index is 12.3. The van der Waals surface area contributed by atoms with Crippen LogP contribution in [-0.2, 0) is 10.0 Å². The molecule has 0 heterocycles. The summed E-state index contributed by atoms with van der Waals surface area (Å²) in [5.41, 5.74) is 0.406. The van der Waals surface area contributed by atoms with Crippen molar-refractivity contribution in [3.8, 4) is 11.9 Å². The van der Waals surface area contributed by atoms with Crippen molar-refractivity contribution in [2.45, 2.75) is 4.90 Å². The van der Waals surface area contributed by atoms with Gasteiger partial charge in [0.2, 0.25) is 10.0 Å². The molecule has 1 aromatic carbocycles. The Labute approximate surface area is 128 Å². The summed E-state index contributed by atoms with van der Waals surface area (Å²) in [7, 11) is 0.630. The van der Waals surface area contributed by atoms with Gasteiger partial charge in [-0.15, -0.1) is 0 Å². The molecule has 0 radical (unpaired) electrons. The third kappa shape index (κ3) is 4.10. The van der Waals surface area contributed by atoms with E-state index < -0.39 is 10.0 Å². The number of benzene rings is 1. The van der Waals surface area contributed by atoms with Gasteiger partial charge in [-0.05, 0) is 24.5 Å². The van der Waals surface area contributed by atoms with Gasteiger partial charge in [-0.2, -0.15) is 5.26 Å². The lowest BCUT2D eigenvalue weighted by molar-refractivity contribution is 0.400. The highest BCUT2D eigenvalue weighted by molar-refractivity contribution is 8.13. The minimum atomic E-state index is -3.65. The number of nitriles is 1. The quantitative estimate of drug-likeness (QED) is 0.388. The molecule has 0 aromatic heterocycles. The predicted octanol–water partition coefficient (Wildman–Crippen LogP) is 1.37. The van der Waals surface area contributed by atoms with E-state index in [4.69, 9.17) is 10.00 Å². The second-order valence-corrected chi connectivity index (χ2v) is 6.90. The fourth-order valence-electron chi connectivity index (χ4n) is 1.42. The van der Waals surface area contributed by atoms with Crippen LogP contribution in [0.5, 0.6) is 5.75 Å². The summed E-state index contributed by atoms with van der Waals surface area (Å²) in [6.07, 6.45) is 3.53. The Morgan fingerprint density at radius 3 is 2.62 bits per heavy atom. The first-order chi connectivity index (χ1) is 9.86. The molecule has 0 aliphatic rings. The van der Waals surface area contributed by atoms with Crippen molar-refractivity contribution in [3.05, 3.63) is 18.2 Å². The smallest absolute Gasteiger partial charge is 0.246 e. The molecule has 114 valence electrons. The van der Waals surface area contributed by atoms with Crippen LogP contribution in [0.4, 0.5) is 5.69 Å². The number of hydrogen-bond donors (Lipinski definition) is 1. The van der Waals surface area contributed by atoms with Crippen molar-refractivity contribution in [1.82, 2.24) is 9.62 Å². The SMILES string of the molecule is COc1ccc(N=C(NC#N)SC)cc1S(=O)(=O)N(C)C. The third-order valence-electron chi connectivity index (χ3n) is 2.49. The van der Waals surface area contributed by atoms with Gasteiger partial charge in [-0.1, -0.05) is 11.8 Å². The Morgan fingerprint density at radius 2 is 2.14 bits per heavy atom. The first-order valence-electron chi connectivity index (χ1n) is 5.75. The van der Waals surface area contributed by atoms with Gasteiger partial charge in [0.05, 0.1) is 12.8 Å². The lowest BCUT2D eigenvalue weighted by atomic mass is 10.3. The number of ether oxygens (including phenoxy) is 1. The summed E-state index contributed by atoms with van der Waals surface area (Å²) in [4.78, 5) is 4.21. The predicted molar refractivity (Wildman–Crippen MR) is 83.2 cm³/mol. The number of sulfonamides is 1. The highest BCUT2D eigenvalue weighted by Gasteiger charge is 2.22. The third-order valence-corrected chi connectivity index (χ3v) is 4.91. The molecule has 0 amide bonds. The zero-order chi connectivity index (χ0) is 16.0. The molecule has 0 fully saturated rings. The number of aliphatic imine (C=N–C) groups is 1. The van der Waals surface area contributed by atoms with Crippen molar-refractivity contribution in [1.29, 1.82) is 5.26 Å². The molecule has 0 saturated heterocycles.